The molecule has 0 aliphatic carbocycles. The van der Waals surface area contributed by atoms with Crippen molar-refractivity contribution in [2.45, 2.75) is 11.6 Å². The molecule has 1 aromatic heterocycles. The van der Waals surface area contributed by atoms with Crippen LogP contribution in [0.2, 0.25) is 5.02 Å². The van der Waals surface area contributed by atoms with Gasteiger partial charge in [0, 0.05) is 16.6 Å². The minimum Gasteiger partial charge on any atom is -0.457 e. The summed E-state index contributed by atoms with van der Waals surface area (Å²) < 4.78 is 9.83. The minimum atomic E-state index is -0.129. The maximum Gasteiger partial charge on any atom is 0.230 e. The molecule has 0 saturated heterocycles. The van der Waals surface area contributed by atoms with Crippen molar-refractivity contribution in [2.75, 3.05) is 11.6 Å². The first-order valence-electron chi connectivity index (χ1n) is 7.32. The largest absolute Gasteiger partial charge is 0.457 e. The van der Waals surface area contributed by atoms with Gasteiger partial charge in [0.25, 0.3) is 0 Å². The van der Waals surface area contributed by atoms with Crippen molar-refractivity contribution in [2.24, 2.45) is 0 Å². The Bertz CT molecular complexity index is 851. The first-order valence-corrected chi connectivity index (χ1v) is 9.70. The lowest BCUT2D eigenvalue weighted by molar-refractivity contribution is -0.115. The molecule has 0 aliphatic heterocycles. The lowest BCUT2D eigenvalue weighted by Crippen LogP contribution is -2.14. The van der Waals surface area contributed by atoms with E-state index in [1.165, 1.54) is 23.3 Å². The second kappa shape index (κ2) is 8.33. The van der Waals surface area contributed by atoms with Crippen LogP contribution in [-0.4, -0.2) is 21.5 Å². The molecule has 0 bridgehead atoms. The minimum absolute atomic E-state index is 0.129. The van der Waals surface area contributed by atoms with Gasteiger partial charge in [0.1, 0.15) is 11.5 Å². The summed E-state index contributed by atoms with van der Waals surface area (Å²) in [6, 6.07) is 14.5. The van der Waals surface area contributed by atoms with Crippen molar-refractivity contribution in [3.8, 4) is 11.5 Å². The fourth-order valence-electron chi connectivity index (χ4n) is 2.01. The van der Waals surface area contributed by atoms with Crippen molar-refractivity contribution in [1.82, 2.24) is 9.36 Å². The van der Waals surface area contributed by atoms with Crippen LogP contribution in [0.5, 0.6) is 11.5 Å². The normalized spacial score (nSPS) is 10.5. The number of nitrogens with zero attached hydrogens (tertiary/aromatic N) is 2. The monoisotopic (exact) mass is 391 g/mol. The molecular formula is C17H14ClN3O2S2. The number of amides is 1. The van der Waals surface area contributed by atoms with Gasteiger partial charge in [0.15, 0.2) is 0 Å². The van der Waals surface area contributed by atoms with Crippen molar-refractivity contribution >= 4 is 45.9 Å². The van der Waals surface area contributed by atoms with Gasteiger partial charge in [-0.3, -0.25) is 4.79 Å². The molecule has 3 rings (SSSR count). The number of anilines is 1. The van der Waals surface area contributed by atoms with Crippen LogP contribution in [-0.2, 0) is 11.2 Å². The molecule has 2 aromatic carbocycles. The van der Waals surface area contributed by atoms with Crippen LogP contribution in [0, 0.1) is 0 Å². The molecule has 1 amide bonds. The maximum absolute atomic E-state index is 12.1. The third kappa shape index (κ3) is 5.19. The molecule has 1 heterocycles. The Kier molecular flexibility index (Phi) is 5.91. The zero-order chi connectivity index (χ0) is 17.6. The molecular weight excluding hydrogens is 378 g/mol. The number of halogens is 1. The van der Waals surface area contributed by atoms with Gasteiger partial charge >= 0.3 is 0 Å². The van der Waals surface area contributed by atoms with Crippen LogP contribution in [0.25, 0.3) is 0 Å². The fourth-order valence-corrected chi connectivity index (χ4v) is 3.28. The van der Waals surface area contributed by atoms with E-state index in [0.717, 1.165) is 5.56 Å². The van der Waals surface area contributed by atoms with Gasteiger partial charge in [-0.25, -0.2) is 0 Å². The molecule has 5 nitrogen and oxygen atoms in total. The molecule has 0 saturated carbocycles. The number of carbonyl (C=O) groups is 1. The van der Waals surface area contributed by atoms with Crippen molar-refractivity contribution in [3.05, 3.63) is 59.1 Å². The number of aromatic nitrogens is 2. The summed E-state index contributed by atoms with van der Waals surface area (Å²) in [7, 11) is 0. The summed E-state index contributed by atoms with van der Waals surface area (Å²) in [6.07, 6.45) is 2.15. The molecule has 1 N–H and O–H groups in total. The van der Waals surface area contributed by atoms with E-state index in [2.05, 4.69) is 14.7 Å². The zero-order valence-corrected chi connectivity index (χ0v) is 15.6. The van der Waals surface area contributed by atoms with E-state index in [1.807, 2.05) is 30.5 Å². The Morgan fingerprint density at radius 3 is 2.40 bits per heavy atom. The number of ether oxygens (including phenoxy) is 1. The molecule has 0 aliphatic rings. The van der Waals surface area contributed by atoms with Crippen molar-refractivity contribution in [3.63, 3.8) is 0 Å². The van der Waals surface area contributed by atoms with Crippen LogP contribution >= 0.6 is 34.9 Å². The number of nitrogens with one attached hydrogen (secondary N) is 1. The van der Waals surface area contributed by atoms with Crippen LogP contribution in [0.15, 0.2) is 53.7 Å². The van der Waals surface area contributed by atoms with Gasteiger partial charge in [0.2, 0.25) is 16.2 Å². The predicted molar refractivity (Wildman–Crippen MR) is 102 cm³/mol. The van der Waals surface area contributed by atoms with Crippen molar-refractivity contribution < 1.29 is 9.53 Å². The lowest BCUT2D eigenvalue weighted by atomic mass is 10.1. The summed E-state index contributed by atoms with van der Waals surface area (Å²) in [5.41, 5.74) is 0.885. The third-order valence-corrected chi connectivity index (χ3v) is 4.72. The van der Waals surface area contributed by atoms with Gasteiger partial charge < -0.3 is 10.1 Å². The van der Waals surface area contributed by atoms with Gasteiger partial charge in [-0.1, -0.05) is 35.5 Å². The molecule has 128 valence electrons. The standard InChI is InChI=1S/C17H14ClN3O2S2/c1-24-17-20-16(25-21-17)19-15(22)10-11-2-6-13(7-3-11)23-14-8-4-12(18)5-9-14/h2-9H,10H2,1H3,(H,19,20,21,22). The van der Waals surface area contributed by atoms with Gasteiger partial charge in [0.05, 0.1) is 6.42 Å². The van der Waals surface area contributed by atoms with Crippen LogP contribution < -0.4 is 10.1 Å². The van der Waals surface area contributed by atoms with E-state index in [1.54, 1.807) is 24.3 Å². The third-order valence-electron chi connectivity index (χ3n) is 3.17. The lowest BCUT2D eigenvalue weighted by Gasteiger charge is -2.07. The van der Waals surface area contributed by atoms with E-state index in [4.69, 9.17) is 16.3 Å². The number of carbonyl (C=O) groups excluding carboxylic acids is 1. The van der Waals surface area contributed by atoms with Gasteiger partial charge in [-0.05, 0) is 48.2 Å². The molecule has 0 atom stereocenters. The number of hydrogen-bond donors (Lipinski definition) is 1. The first-order chi connectivity index (χ1) is 12.1. The summed E-state index contributed by atoms with van der Waals surface area (Å²) in [5, 5.41) is 4.58. The van der Waals surface area contributed by atoms with E-state index in [9.17, 15) is 4.79 Å². The highest BCUT2D eigenvalue weighted by Gasteiger charge is 2.09. The van der Waals surface area contributed by atoms with Gasteiger partial charge in [-0.2, -0.15) is 9.36 Å². The smallest absolute Gasteiger partial charge is 0.230 e. The fraction of sp³-hybridized carbons (Fsp3) is 0.118. The molecule has 3 aromatic rings. The summed E-state index contributed by atoms with van der Waals surface area (Å²) in [4.78, 5) is 16.3. The molecule has 8 heteroatoms. The molecule has 0 fully saturated rings. The average Bonchev–Trinajstić information content (AvgIpc) is 3.06. The summed E-state index contributed by atoms with van der Waals surface area (Å²) in [5.74, 6) is 1.27. The second-order valence-electron chi connectivity index (χ2n) is 5.01. The Hall–Kier alpha value is -2.09. The zero-order valence-electron chi connectivity index (χ0n) is 13.2. The number of rotatable bonds is 6. The topological polar surface area (TPSA) is 64.1 Å². The molecule has 0 unspecified atom stereocenters. The predicted octanol–water partition coefficient (Wildman–Crippen LogP) is 4.89. The van der Waals surface area contributed by atoms with E-state index < -0.39 is 0 Å². The SMILES string of the molecule is CSc1nsc(NC(=O)Cc2ccc(Oc3ccc(Cl)cc3)cc2)n1. The maximum atomic E-state index is 12.1. The highest BCUT2D eigenvalue weighted by atomic mass is 35.5. The van der Waals surface area contributed by atoms with Gasteiger partial charge in [-0.15, -0.1) is 0 Å². The Morgan fingerprint density at radius 1 is 1.16 bits per heavy atom. The number of benzene rings is 2. The van der Waals surface area contributed by atoms with Crippen LogP contribution in [0.1, 0.15) is 5.56 Å². The number of hydrogen-bond acceptors (Lipinski definition) is 6. The molecule has 0 spiro atoms. The highest BCUT2D eigenvalue weighted by Crippen LogP contribution is 2.23. The van der Waals surface area contributed by atoms with E-state index in [0.29, 0.717) is 26.8 Å². The van der Waals surface area contributed by atoms with E-state index >= 15 is 0 Å². The highest BCUT2D eigenvalue weighted by molar-refractivity contribution is 7.98. The quantitative estimate of drug-likeness (QED) is 0.606. The Labute approximate surface area is 158 Å². The number of thioether (sulfide) groups is 1. The first kappa shape index (κ1) is 17.7. The average molecular weight is 392 g/mol. The van der Waals surface area contributed by atoms with Crippen LogP contribution in [0.3, 0.4) is 0 Å². The molecule has 0 radical (unpaired) electrons. The Balaban J connectivity index is 1.56. The summed E-state index contributed by atoms with van der Waals surface area (Å²) >= 11 is 8.46. The van der Waals surface area contributed by atoms with E-state index in [-0.39, 0.29) is 12.3 Å². The second-order valence-corrected chi connectivity index (χ2v) is 6.97. The van der Waals surface area contributed by atoms with Crippen LogP contribution in [0.4, 0.5) is 5.13 Å². The Morgan fingerprint density at radius 2 is 1.80 bits per heavy atom. The molecule has 25 heavy (non-hydrogen) atoms. The van der Waals surface area contributed by atoms with Crippen molar-refractivity contribution in [1.29, 1.82) is 0 Å². The summed E-state index contributed by atoms with van der Waals surface area (Å²) in [6.45, 7) is 0.